The highest BCUT2D eigenvalue weighted by Crippen LogP contribution is 2.25. The molecule has 8 heteroatoms. The number of imide groups is 2. The zero-order chi connectivity index (χ0) is 19.6. The topological polar surface area (TPSA) is 104 Å². The molecule has 0 unspecified atom stereocenters. The van der Waals surface area contributed by atoms with Crippen LogP contribution in [0.3, 0.4) is 0 Å². The van der Waals surface area contributed by atoms with Crippen molar-refractivity contribution in [1.29, 1.82) is 0 Å². The Morgan fingerprint density at radius 3 is 2.33 bits per heavy atom. The molecule has 1 N–H and O–H groups in total. The van der Waals surface area contributed by atoms with Gasteiger partial charge in [0, 0.05) is 6.07 Å². The molecular weight excluding hydrogens is 352 g/mol. The molecule has 1 saturated heterocycles. The average molecular weight is 368 g/mol. The van der Waals surface area contributed by atoms with E-state index >= 15 is 0 Å². The van der Waals surface area contributed by atoms with Crippen molar-refractivity contribution in [2.24, 2.45) is 0 Å². The first-order valence-electron chi connectivity index (χ1n) is 8.04. The van der Waals surface area contributed by atoms with E-state index in [0.29, 0.717) is 10.5 Å². The lowest BCUT2D eigenvalue weighted by Crippen LogP contribution is -2.37. The lowest BCUT2D eigenvalue weighted by atomic mass is 10.1. The summed E-state index contributed by atoms with van der Waals surface area (Å²) in [6.07, 6.45) is 0. The number of aromatic hydroxyl groups is 1. The van der Waals surface area contributed by atoms with E-state index in [0.717, 1.165) is 4.90 Å². The Bertz CT molecular complexity index is 925. The summed E-state index contributed by atoms with van der Waals surface area (Å²) >= 11 is 0. The summed E-state index contributed by atoms with van der Waals surface area (Å²) < 4.78 is 5.04. The van der Waals surface area contributed by atoms with Gasteiger partial charge >= 0.3 is 17.8 Å². The zero-order valence-corrected chi connectivity index (χ0v) is 14.4. The van der Waals surface area contributed by atoms with Crippen LogP contribution in [-0.2, 0) is 16.1 Å². The number of hydrogen-bond acceptors (Lipinski definition) is 6. The van der Waals surface area contributed by atoms with Crippen LogP contribution in [0.15, 0.2) is 48.5 Å². The molecule has 0 atom stereocenters. The van der Waals surface area contributed by atoms with Crippen LogP contribution in [0.2, 0.25) is 0 Å². The Kier molecular flexibility index (Phi) is 4.89. The van der Waals surface area contributed by atoms with Crippen molar-refractivity contribution in [2.75, 3.05) is 13.7 Å². The van der Waals surface area contributed by atoms with Crippen LogP contribution in [0, 0.1) is 0 Å². The maximum atomic E-state index is 12.5. The molecule has 1 aliphatic rings. The molecule has 2 aromatic rings. The van der Waals surface area contributed by atoms with Gasteiger partial charge in [0.15, 0.2) is 5.78 Å². The minimum Gasteiger partial charge on any atom is -0.508 e. The van der Waals surface area contributed by atoms with Crippen LogP contribution in [0.1, 0.15) is 15.9 Å². The van der Waals surface area contributed by atoms with Crippen LogP contribution < -0.4 is 4.74 Å². The predicted octanol–water partition coefficient (Wildman–Crippen LogP) is 1.57. The van der Waals surface area contributed by atoms with Crippen LogP contribution in [0.25, 0.3) is 0 Å². The number of benzene rings is 2. The number of nitrogens with zero attached hydrogens (tertiary/aromatic N) is 2. The van der Waals surface area contributed by atoms with Crippen LogP contribution >= 0.6 is 0 Å². The number of carbonyl (C=O) groups excluding carboxylic acids is 4. The van der Waals surface area contributed by atoms with Gasteiger partial charge in [-0.3, -0.25) is 19.3 Å². The maximum Gasteiger partial charge on any atom is 0.334 e. The van der Waals surface area contributed by atoms with Crippen LogP contribution in [-0.4, -0.2) is 52.2 Å². The number of phenols is 1. The zero-order valence-electron chi connectivity index (χ0n) is 14.4. The first-order valence-corrected chi connectivity index (χ1v) is 8.04. The molecule has 0 aliphatic carbocycles. The van der Waals surface area contributed by atoms with Crippen molar-refractivity contribution in [3.63, 3.8) is 0 Å². The quantitative estimate of drug-likeness (QED) is 0.472. The predicted molar refractivity (Wildman–Crippen MR) is 93.1 cm³/mol. The SMILES string of the molecule is COc1cc(O)ccc1C(=O)CN1C(=O)C(=O)N(Cc2ccccc2)C1=O. The summed E-state index contributed by atoms with van der Waals surface area (Å²) in [6.45, 7) is -0.659. The molecule has 1 heterocycles. The average Bonchev–Trinajstić information content (AvgIpc) is 2.86. The summed E-state index contributed by atoms with van der Waals surface area (Å²) in [4.78, 5) is 50.8. The third-order valence-electron chi connectivity index (χ3n) is 4.11. The number of Topliss-reactive ketones (excluding diaryl/α,β-unsaturated/α-hetero) is 1. The van der Waals surface area contributed by atoms with Gasteiger partial charge in [-0.2, -0.15) is 0 Å². The largest absolute Gasteiger partial charge is 0.508 e. The number of carbonyl (C=O) groups is 4. The first-order chi connectivity index (χ1) is 12.9. The Labute approximate surface area is 154 Å². The monoisotopic (exact) mass is 368 g/mol. The van der Waals surface area contributed by atoms with Crippen molar-refractivity contribution in [3.8, 4) is 11.5 Å². The number of phenolic OH excluding ortho intramolecular Hbond substituents is 1. The number of ether oxygens (including phenoxy) is 1. The third kappa shape index (κ3) is 3.50. The van der Waals surface area contributed by atoms with E-state index in [1.807, 2.05) is 0 Å². The fourth-order valence-electron chi connectivity index (χ4n) is 2.73. The normalized spacial score (nSPS) is 14.0. The van der Waals surface area contributed by atoms with Gasteiger partial charge in [-0.1, -0.05) is 30.3 Å². The van der Waals surface area contributed by atoms with E-state index in [4.69, 9.17) is 4.74 Å². The van der Waals surface area contributed by atoms with Crippen molar-refractivity contribution in [3.05, 3.63) is 59.7 Å². The van der Waals surface area contributed by atoms with Gasteiger partial charge in [0.1, 0.15) is 11.5 Å². The molecular formula is C19H16N2O6. The summed E-state index contributed by atoms with van der Waals surface area (Å²) in [5.41, 5.74) is 0.769. The minimum atomic E-state index is -1.05. The van der Waals surface area contributed by atoms with Crippen molar-refractivity contribution in [2.45, 2.75) is 6.54 Å². The molecule has 0 radical (unpaired) electrons. The van der Waals surface area contributed by atoms with E-state index in [-0.39, 0.29) is 23.6 Å². The highest BCUT2D eigenvalue weighted by molar-refractivity contribution is 6.45. The first kappa shape index (κ1) is 18.1. The summed E-state index contributed by atoms with van der Waals surface area (Å²) in [7, 11) is 1.32. The summed E-state index contributed by atoms with van der Waals surface area (Å²) in [5, 5.41) is 9.47. The molecule has 27 heavy (non-hydrogen) atoms. The summed E-state index contributed by atoms with van der Waals surface area (Å²) in [5.74, 6) is -2.62. The maximum absolute atomic E-state index is 12.5. The molecule has 1 fully saturated rings. The van der Waals surface area contributed by atoms with Gasteiger partial charge in [0.05, 0.1) is 25.8 Å². The number of urea groups is 1. The molecule has 0 bridgehead atoms. The second kappa shape index (κ2) is 7.28. The molecule has 3 rings (SSSR count). The molecule has 0 aromatic heterocycles. The Balaban J connectivity index is 1.79. The van der Waals surface area contributed by atoms with Crippen LogP contribution in [0.4, 0.5) is 4.79 Å². The Hall–Kier alpha value is -3.68. The molecule has 4 amide bonds. The van der Waals surface area contributed by atoms with E-state index in [2.05, 4.69) is 0 Å². The van der Waals surface area contributed by atoms with Gasteiger partial charge in [-0.25, -0.2) is 9.69 Å². The van der Waals surface area contributed by atoms with Gasteiger partial charge < -0.3 is 9.84 Å². The molecule has 2 aromatic carbocycles. The molecule has 1 aliphatic heterocycles. The molecule has 8 nitrogen and oxygen atoms in total. The van der Waals surface area contributed by atoms with Gasteiger partial charge in [-0.05, 0) is 17.7 Å². The fraction of sp³-hybridized carbons (Fsp3) is 0.158. The highest BCUT2D eigenvalue weighted by atomic mass is 16.5. The van der Waals surface area contributed by atoms with Gasteiger partial charge in [-0.15, -0.1) is 0 Å². The third-order valence-corrected chi connectivity index (χ3v) is 4.11. The number of amides is 4. The van der Waals surface area contributed by atoms with E-state index in [1.165, 1.54) is 25.3 Å². The Morgan fingerprint density at radius 1 is 1.00 bits per heavy atom. The van der Waals surface area contributed by atoms with E-state index in [1.54, 1.807) is 30.3 Å². The number of ketones is 1. The van der Waals surface area contributed by atoms with Gasteiger partial charge in [0.2, 0.25) is 0 Å². The lowest BCUT2D eigenvalue weighted by Gasteiger charge is -2.16. The van der Waals surface area contributed by atoms with Crippen molar-refractivity contribution >= 4 is 23.6 Å². The molecule has 0 spiro atoms. The minimum absolute atomic E-state index is 0.0581. The highest BCUT2D eigenvalue weighted by Gasteiger charge is 2.45. The van der Waals surface area contributed by atoms with Crippen molar-refractivity contribution < 1.29 is 29.0 Å². The number of rotatable bonds is 6. The number of methoxy groups -OCH3 is 1. The second-order valence-electron chi connectivity index (χ2n) is 5.86. The molecule has 138 valence electrons. The van der Waals surface area contributed by atoms with Crippen molar-refractivity contribution in [1.82, 2.24) is 9.80 Å². The smallest absolute Gasteiger partial charge is 0.334 e. The van der Waals surface area contributed by atoms with Crippen LogP contribution in [0.5, 0.6) is 11.5 Å². The molecule has 0 saturated carbocycles. The lowest BCUT2D eigenvalue weighted by molar-refractivity contribution is -0.143. The van der Waals surface area contributed by atoms with E-state index < -0.39 is 30.2 Å². The standard InChI is InChI=1S/C19H16N2O6/c1-27-16-9-13(22)7-8-14(16)15(23)11-21-18(25)17(24)20(19(21)26)10-12-5-3-2-4-6-12/h2-9,22H,10-11H2,1H3. The van der Waals surface area contributed by atoms with E-state index in [9.17, 15) is 24.3 Å². The summed E-state index contributed by atoms with van der Waals surface area (Å²) in [6, 6.07) is 11.7. The Morgan fingerprint density at radius 2 is 1.67 bits per heavy atom. The number of hydrogen-bond donors (Lipinski definition) is 1. The fourth-order valence-corrected chi connectivity index (χ4v) is 2.73. The second-order valence-corrected chi connectivity index (χ2v) is 5.86. The van der Waals surface area contributed by atoms with Gasteiger partial charge in [0.25, 0.3) is 0 Å².